The van der Waals surface area contributed by atoms with Gasteiger partial charge >= 0.3 is 0 Å². The molecule has 0 aliphatic heterocycles. The monoisotopic (exact) mass is 223 g/mol. The Balaban J connectivity index is 2.76. The molecular weight excluding hydrogens is 202 g/mol. The quantitative estimate of drug-likeness (QED) is 0.760. The van der Waals surface area contributed by atoms with Crippen molar-refractivity contribution in [2.45, 2.75) is 19.9 Å². The number of pyridine rings is 1. The molecule has 0 radical (unpaired) electrons. The first-order chi connectivity index (χ1) is 7.72. The Hall–Kier alpha value is -1.13. The van der Waals surface area contributed by atoms with Crippen molar-refractivity contribution < 1.29 is 5.11 Å². The van der Waals surface area contributed by atoms with E-state index >= 15 is 0 Å². The Labute approximate surface area is 97.3 Å². The Bertz CT molecular complexity index is 300. The Kier molecular flexibility index (Phi) is 5.22. The molecule has 0 fully saturated rings. The van der Waals surface area contributed by atoms with Crippen LogP contribution in [0, 0.1) is 0 Å². The van der Waals surface area contributed by atoms with E-state index in [9.17, 15) is 0 Å². The molecule has 0 spiro atoms. The molecule has 0 aromatic carbocycles. The van der Waals surface area contributed by atoms with Gasteiger partial charge in [-0.15, -0.1) is 0 Å². The van der Waals surface area contributed by atoms with Gasteiger partial charge in [0.05, 0.1) is 6.61 Å². The van der Waals surface area contributed by atoms with Crippen molar-refractivity contribution in [1.29, 1.82) is 0 Å². The van der Waals surface area contributed by atoms with Crippen LogP contribution in [0.15, 0.2) is 18.3 Å². The summed E-state index contributed by atoms with van der Waals surface area (Å²) in [7, 11) is 1.93. The molecule has 0 aliphatic carbocycles. The zero-order valence-corrected chi connectivity index (χ0v) is 10.3. The zero-order chi connectivity index (χ0) is 12.0. The van der Waals surface area contributed by atoms with Crippen LogP contribution < -0.4 is 10.2 Å². The number of aromatic nitrogens is 1. The number of anilines is 1. The Morgan fingerprint density at radius 3 is 2.69 bits per heavy atom. The summed E-state index contributed by atoms with van der Waals surface area (Å²) in [5.74, 6) is 0.920. The molecule has 16 heavy (non-hydrogen) atoms. The lowest BCUT2D eigenvalue weighted by Crippen LogP contribution is -2.27. The second-order valence-electron chi connectivity index (χ2n) is 3.76. The maximum absolute atomic E-state index is 8.93. The number of likely N-dealkylation sites (N-methyl/N-ethyl adjacent to an activating group) is 1. The van der Waals surface area contributed by atoms with Crippen LogP contribution in [-0.4, -0.2) is 36.8 Å². The van der Waals surface area contributed by atoms with E-state index in [1.54, 1.807) is 0 Å². The number of aliphatic hydroxyl groups is 1. The fourth-order valence-electron chi connectivity index (χ4n) is 1.56. The largest absolute Gasteiger partial charge is 0.395 e. The van der Waals surface area contributed by atoms with E-state index in [0.29, 0.717) is 12.6 Å². The highest BCUT2D eigenvalue weighted by Gasteiger charge is 2.06. The summed E-state index contributed by atoms with van der Waals surface area (Å²) in [6, 6.07) is 4.39. The Morgan fingerprint density at radius 2 is 2.25 bits per heavy atom. The van der Waals surface area contributed by atoms with Crippen LogP contribution in [0.2, 0.25) is 0 Å². The van der Waals surface area contributed by atoms with E-state index in [-0.39, 0.29) is 6.61 Å². The van der Waals surface area contributed by atoms with Gasteiger partial charge in [-0.3, -0.25) is 0 Å². The highest BCUT2D eigenvalue weighted by atomic mass is 16.3. The van der Waals surface area contributed by atoms with E-state index in [1.165, 1.54) is 5.56 Å². The third-order valence-corrected chi connectivity index (χ3v) is 2.78. The molecule has 2 N–H and O–H groups in total. The van der Waals surface area contributed by atoms with Gasteiger partial charge in [-0.1, -0.05) is 6.07 Å². The highest BCUT2D eigenvalue weighted by molar-refractivity contribution is 5.39. The standard InChI is InChI=1S/C12H21N3O/c1-4-15(7-8-16)12-6-5-11(9-14-12)10(2)13-3/h5-6,9-10,13,16H,4,7-8H2,1-3H3. The molecule has 4 nitrogen and oxygen atoms in total. The van der Waals surface area contributed by atoms with Crippen LogP contribution in [0.25, 0.3) is 0 Å². The second kappa shape index (κ2) is 6.45. The second-order valence-corrected chi connectivity index (χ2v) is 3.76. The minimum Gasteiger partial charge on any atom is -0.395 e. The van der Waals surface area contributed by atoms with E-state index < -0.39 is 0 Å². The number of hydrogen-bond donors (Lipinski definition) is 2. The predicted molar refractivity (Wildman–Crippen MR) is 66.7 cm³/mol. The summed E-state index contributed by atoms with van der Waals surface area (Å²) < 4.78 is 0. The molecule has 1 heterocycles. The van der Waals surface area contributed by atoms with Gasteiger partial charge in [-0.2, -0.15) is 0 Å². The molecule has 90 valence electrons. The normalized spacial score (nSPS) is 12.5. The number of nitrogens with zero attached hydrogens (tertiary/aromatic N) is 2. The molecule has 1 unspecified atom stereocenters. The van der Waals surface area contributed by atoms with Gasteiger partial charge in [0.2, 0.25) is 0 Å². The molecule has 0 amide bonds. The maximum Gasteiger partial charge on any atom is 0.128 e. The minimum absolute atomic E-state index is 0.157. The van der Waals surface area contributed by atoms with Crippen LogP contribution in [0.3, 0.4) is 0 Å². The van der Waals surface area contributed by atoms with E-state index in [1.807, 2.05) is 24.2 Å². The van der Waals surface area contributed by atoms with Gasteiger partial charge in [0.1, 0.15) is 5.82 Å². The molecule has 1 atom stereocenters. The van der Waals surface area contributed by atoms with Gasteiger partial charge in [0, 0.05) is 25.3 Å². The summed E-state index contributed by atoms with van der Waals surface area (Å²) in [5.41, 5.74) is 1.17. The fraction of sp³-hybridized carbons (Fsp3) is 0.583. The topological polar surface area (TPSA) is 48.4 Å². The minimum atomic E-state index is 0.157. The molecule has 1 aromatic rings. The van der Waals surface area contributed by atoms with Crippen molar-refractivity contribution >= 4 is 5.82 Å². The summed E-state index contributed by atoms with van der Waals surface area (Å²) in [5, 5.41) is 12.1. The van der Waals surface area contributed by atoms with Gasteiger partial charge in [0.25, 0.3) is 0 Å². The molecule has 0 aliphatic rings. The summed E-state index contributed by atoms with van der Waals surface area (Å²) in [6.45, 7) is 5.80. The van der Waals surface area contributed by atoms with Gasteiger partial charge in [0.15, 0.2) is 0 Å². The molecule has 1 aromatic heterocycles. The van der Waals surface area contributed by atoms with Crippen molar-refractivity contribution in [1.82, 2.24) is 10.3 Å². The number of hydrogen-bond acceptors (Lipinski definition) is 4. The van der Waals surface area contributed by atoms with Crippen molar-refractivity contribution in [3.05, 3.63) is 23.9 Å². The predicted octanol–water partition coefficient (Wildman–Crippen LogP) is 1.18. The first-order valence-corrected chi connectivity index (χ1v) is 5.72. The molecule has 0 saturated carbocycles. The van der Waals surface area contributed by atoms with Gasteiger partial charge in [-0.25, -0.2) is 4.98 Å². The number of nitrogens with one attached hydrogen (secondary N) is 1. The highest BCUT2D eigenvalue weighted by Crippen LogP contribution is 2.15. The first kappa shape index (κ1) is 12.9. The van der Waals surface area contributed by atoms with Crippen LogP contribution in [0.5, 0.6) is 0 Å². The average molecular weight is 223 g/mol. The Morgan fingerprint density at radius 1 is 1.50 bits per heavy atom. The van der Waals surface area contributed by atoms with Crippen LogP contribution in [-0.2, 0) is 0 Å². The molecule has 0 bridgehead atoms. The number of rotatable bonds is 6. The zero-order valence-electron chi connectivity index (χ0n) is 10.3. The summed E-state index contributed by atoms with van der Waals surface area (Å²) in [6.07, 6.45) is 1.89. The lowest BCUT2D eigenvalue weighted by atomic mass is 10.1. The van der Waals surface area contributed by atoms with Gasteiger partial charge < -0.3 is 15.3 Å². The molecule has 0 saturated heterocycles. The summed E-state index contributed by atoms with van der Waals surface area (Å²) >= 11 is 0. The van der Waals surface area contributed by atoms with Crippen LogP contribution >= 0.6 is 0 Å². The van der Waals surface area contributed by atoms with Gasteiger partial charge in [-0.05, 0) is 32.5 Å². The van der Waals surface area contributed by atoms with Crippen molar-refractivity contribution in [2.75, 3.05) is 31.6 Å². The van der Waals surface area contributed by atoms with Crippen molar-refractivity contribution in [2.24, 2.45) is 0 Å². The van der Waals surface area contributed by atoms with Crippen LogP contribution in [0.4, 0.5) is 5.82 Å². The third kappa shape index (κ3) is 3.18. The maximum atomic E-state index is 8.93. The smallest absolute Gasteiger partial charge is 0.128 e. The summed E-state index contributed by atoms with van der Waals surface area (Å²) in [4.78, 5) is 6.46. The molecule has 4 heteroatoms. The fourth-order valence-corrected chi connectivity index (χ4v) is 1.56. The third-order valence-electron chi connectivity index (χ3n) is 2.78. The lowest BCUT2D eigenvalue weighted by molar-refractivity contribution is 0.302. The van der Waals surface area contributed by atoms with E-state index in [0.717, 1.165) is 12.4 Å². The molecular formula is C12H21N3O. The van der Waals surface area contributed by atoms with Crippen LogP contribution in [0.1, 0.15) is 25.5 Å². The van der Waals surface area contributed by atoms with Crippen molar-refractivity contribution in [3.63, 3.8) is 0 Å². The lowest BCUT2D eigenvalue weighted by Gasteiger charge is -2.21. The first-order valence-electron chi connectivity index (χ1n) is 5.72. The average Bonchev–Trinajstić information content (AvgIpc) is 2.35. The van der Waals surface area contributed by atoms with E-state index in [2.05, 4.69) is 30.2 Å². The van der Waals surface area contributed by atoms with E-state index in [4.69, 9.17) is 5.11 Å². The number of aliphatic hydroxyl groups excluding tert-OH is 1. The van der Waals surface area contributed by atoms with Crippen molar-refractivity contribution in [3.8, 4) is 0 Å². The SMILES string of the molecule is CCN(CCO)c1ccc(C(C)NC)cn1. The molecule has 1 rings (SSSR count).